The minimum absolute atomic E-state index is 0.0123. The maximum absolute atomic E-state index is 14.2. The molecule has 2 saturated carbocycles. The number of anilines is 3. The van der Waals surface area contributed by atoms with Gasteiger partial charge in [-0.25, -0.2) is 4.98 Å². The van der Waals surface area contributed by atoms with Gasteiger partial charge in [-0.3, -0.25) is 9.59 Å². The molecule has 11 rings (SSSR count). The SMILES string of the molecule is CC(C)[C@H](C(=O)N1C[C@H](O)C[C@H]1C(=O)N[C@@H](C)c1ccc(C#N)cc1)c1cc(OC2CC(CN3CCC(OC4CC(Oc5cc(N6C7CC[C@@H]6CN(c6cc(-c8ccccc8O)nnc6N)C7)ccn5)C4)CC3)C2)no1. The average molecular weight is 1040 g/mol. The number of aliphatic hydroxyl groups is 1. The highest BCUT2D eigenvalue weighted by Gasteiger charge is 2.45. The Morgan fingerprint density at radius 1 is 0.855 bits per heavy atom. The minimum Gasteiger partial charge on any atom is -0.507 e. The number of likely N-dealkylation sites (tertiary alicyclic amines) is 2. The van der Waals surface area contributed by atoms with Crippen molar-refractivity contribution in [3.63, 3.8) is 0 Å². The van der Waals surface area contributed by atoms with Crippen LogP contribution in [0.15, 0.2) is 83.5 Å². The lowest BCUT2D eigenvalue weighted by Gasteiger charge is -2.43. The molecular weight excluding hydrogens is 967 g/mol. The van der Waals surface area contributed by atoms with Crippen LogP contribution in [0.1, 0.15) is 107 Å². The Kier molecular flexibility index (Phi) is 14.7. The topological polar surface area (TPSA) is 242 Å². The second kappa shape index (κ2) is 21.9. The summed E-state index contributed by atoms with van der Waals surface area (Å²) in [6, 6.07) is 23.4. The number of aromatic nitrogens is 4. The molecule has 1 unspecified atom stereocenters. The number of amides is 2. The van der Waals surface area contributed by atoms with E-state index < -0.39 is 18.1 Å². The monoisotopic (exact) mass is 1040 g/mol. The van der Waals surface area contributed by atoms with Crippen LogP contribution in [0.5, 0.6) is 17.5 Å². The number of nitrogens with two attached hydrogens (primary N) is 1. The van der Waals surface area contributed by atoms with E-state index in [9.17, 15) is 19.8 Å². The number of phenols is 1. The molecule has 4 saturated heterocycles. The molecule has 4 aliphatic heterocycles. The number of fused-ring (bicyclic) bond motifs is 2. The maximum atomic E-state index is 14.2. The lowest BCUT2D eigenvalue weighted by molar-refractivity contribution is -0.141. The van der Waals surface area contributed by atoms with Gasteiger partial charge in [0, 0.05) is 100 Å². The Balaban J connectivity index is 0.590. The summed E-state index contributed by atoms with van der Waals surface area (Å²) in [5, 5.41) is 46.0. The molecule has 2 amide bonds. The standard InChI is InChI=1S/C57H69N11O8/c1-33(2)54(57(72)67-32-41(69)23-49(67)56(71)61-34(3)37-10-8-35(28-58)9-11-37)51-27-53(64-76-51)75-43-20-36(21-43)29-65-18-15-42(16-19-65)73-44-24-45(25-44)74-52-22-38(14-17-60-52)68-39-12-13-40(68)31-66(30-39)48-26-47(62-63-55(48)59)46-6-4-5-7-50(46)70/h4-11,14,17,22,26-27,33-34,36,39-45,49,54,69-70H,12-13,15-16,18-21,23-25,29-32H2,1-3H3,(H2,59,63)(H,61,71)/t34-,36?,39+,40?,41+,43?,44?,45?,49-,54-/m0/s1. The van der Waals surface area contributed by atoms with Crippen LogP contribution in [-0.2, 0) is 14.3 Å². The average Bonchev–Trinajstić information content (AvgIpc) is 4.11. The third kappa shape index (κ3) is 11.0. The summed E-state index contributed by atoms with van der Waals surface area (Å²) < 4.78 is 25.0. The van der Waals surface area contributed by atoms with Crippen LogP contribution in [0.4, 0.5) is 17.2 Å². The van der Waals surface area contributed by atoms with E-state index in [1.54, 1.807) is 42.5 Å². The molecule has 0 spiro atoms. The second-order valence-electron chi connectivity index (χ2n) is 22.3. The van der Waals surface area contributed by atoms with Gasteiger partial charge in [0.05, 0.1) is 47.4 Å². The smallest absolute Gasteiger partial charge is 0.254 e. The second-order valence-corrected chi connectivity index (χ2v) is 22.3. The lowest BCUT2D eigenvalue weighted by atomic mass is 9.81. The Bertz CT molecular complexity index is 2880. The molecule has 0 radical (unpaired) electrons. The van der Waals surface area contributed by atoms with E-state index in [4.69, 9.17) is 29.7 Å². The van der Waals surface area contributed by atoms with Crippen molar-refractivity contribution >= 4 is 29.0 Å². The molecule has 5 N–H and O–H groups in total. The summed E-state index contributed by atoms with van der Waals surface area (Å²) in [6.07, 6.45) is 9.38. The van der Waals surface area contributed by atoms with Crippen molar-refractivity contribution in [1.82, 2.24) is 35.5 Å². The number of hydrogen-bond donors (Lipinski definition) is 4. The summed E-state index contributed by atoms with van der Waals surface area (Å²) in [6.45, 7) is 10.4. The molecule has 19 heteroatoms. The van der Waals surface area contributed by atoms with Gasteiger partial charge in [0.1, 0.15) is 29.9 Å². The van der Waals surface area contributed by atoms with Gasteiger partial charge in [-0.15, -0.1) is 10.2 Å². The van der Waals surface area contributed by atoms with Gasteiger partial charge in [-0.05, 0) is 104 Å². The van der Waals surface area contributed by atoms with E-state index in [-0.39, 0.29) is 66.9 Å². The molecule has 7 heterocycles. The number of ether oxygens (including phenoxy) is 3. The number of hydrogen-bond acceptors (Lipinski definition) is 17. The Morgan fingerprint density at radius 3 is 2.30 bits per heavy atom. The number of piperidine rings is 1. The number of β-amino-alcohol motifs (C(OH)–C–C–N with tert-alkyl or cyclic N) is 1. The summed E-state index contributed by atoms with van der Waals surface area (Å²) in [7, 11) is 0. The van der Waals surface area contributed by atoms with Crippen molar-refractivity contribution in [2.75, 3.05) is 54.8 Å². The number of para-hydroxylation sites is 1. The third-order valence-electron chi connectivity index (χ3n) is 16.6. The van der Waals surface area contributed by atoms with Crippen molar-refractivity contribution in [1.29, 1.82) is 5.26 Å². The highest BCUT2D eigenvalue weighted by atomic mass is 16.5. The fourth-order valence-electron chi connectivity index (χ4n) is 12.4. The van der Waals surface area contributed by atoms with Gasteiger partial charge in [0.2, 0.25) is 17.7 Å². The van der Waals surface area contributed by atoms with Crippen molar-refractivity contribution < 1.29 is 38.5 Å². The van der Waals surface area contributed by atoms with E-state index in [1.165, 1.54) is 4.90 Å². The van der Waals surface area contributed by atoms with Crippen LogP contribution in [0, 0.1) is 23.2 Å². The Labute approximate surface area is 443 Å². The van der Waals surface area contributed by atoms with Crippen LogP contribution in [0.3, 0.4) is 0 Å². The van der Waals surface area contributed by atoms with Gasteiger partial charge in [0.15, 0.2) is 11.6 Å². The first-order valence-electron chi connectivity index (χ1n) is 27.2. The summed E-state index contributed by atoms with van der Waals surface area (Å²) >= 11 is 0. The minimum atomic E-state index is -0.844. The fourth-order valence-corrected chi connectivity index (χ4v) is 12.4. The number of nitrogens with one attached hydrogen (secondary N) is 1. The molecule has 6 atom stereocenters. The maximum Gasteiger partial charge on any atom is 0.254 e. The highest BCUT2D eigenvalue weighted by molar-refractivity contribution is 5.91. The predicted molar refractivity (Wildman–Crippen MR) is 282 cm³/mol. The van der Waals surface area contributed by atoms with Crippen molar-refractivity contribution in [3.8, 4) is 34.8 Å². The Morgan fingerprint density at radius 2 is 1.58 bits per heavy atom. The lowest BCUT2D eigenvalue weighted by Crippen LogP contribution is -2.54. The van der Waals surface area contributed by atoms with Crippen LogP contribution in [-0.4, -0.2) is 140 Å². The molecule has 2 aromatic carbocycles. The van der Waals surface area contributed by atoms with E-state index in [2.05, 4.69) is 58.6 Å². The zero-order chi connectivity index (χ0) is 52.6. The number of carbonyl (C=O) groups is 2. The van der Waals surface area contributed by atoms with Crippen LogP contribution < -0.4 is 30.3 Å². The first-order chi connectivity index (χ1) is 36.8. The number of nitrogens with zero attached hydrogens (tertiary/aromatic N) is 9. The largest absolute Gasteiger partial charge is 0.507 e. The first-order valence-corrected chi connectivity index (χ1v) is 27.2. The first kappa shape index (κ1) is 51.1. The molecular formula is C57H69N11O8. The van der Waals surface area contributed by atoms with Gasteiger partial charge >= 0.3 is 0 Å². The molecule has 6 fully saturated rings. The van der Waals surface area contributed by atoms with Crippen LogP contribution in [0.2, 0.25) is 0 Å². The summed E-state index contributed by atoms with van der Waals surface area (Å²) in [5.74, 6) is 0.899. The van der Waals surface area contributed by atoms with Crippen molar-refractivity contribution in [2.45, 2.75) is 139 Å². The number of piperazine rings is 1. The highest BCUT2D eigenvalue weighted by Crippen LogP contribution is 2.41. The van der Waals surface area contributed by atoms with Gasteiger partial charge in [-0.2, -0.15) is 5.26 Å². The predicted octanol–water partition coefficient (Wildman–Crippen LogP) is 6.37. The Hall–Kier alpha value is -7.01. The molecule has 3 aromatic heterocycles. The zero-order valence-corrected chi connectivity index (χ0v) is 43.5. The molecule has 2 bridgehead atoms. The number of nitrogen functional groups attached to an aromatic ring is 1. The third-order valence-corrected chi connectivity index (χ3v) is 16.6. The van der Waals surface area contributed by atoms with Crippen molar-refractivity contribution in [2.24, 2.45) is 11.8 Å². The molecule has 6 aliphatic rings. The van der Waals surface area contributed by atoms with Gasteiger partial charge in [-0.1, -0.05) is 38.1 Å². The number of carbonyl (C=O) groups excluding carboxylic acids is 2. The zero-order valence-electron chi connectivity index (χ0n) is 43.5. The summed E-state index contributed by atoms with van der Waals surface area (Å²) in [5.41, 5.74) is 10.9. The quantitative estimate of drug-likeness (QED) is 0.0791. The molecule has 76 heavy (non-hydrogen) atoms. The van der Waals surface area contributed by atoms with E-state index >= 15 is 0 Å². The number of aliphatic hydroxyl groups excluding tert-OH is 1. The number of nitriles is 1. The van der Waals surface area contributed by atoms with E-state index in [1.807, 2.05) is 45.2 Å². The fraction of sp³-hybridized carbons (Fsp3) is 0.526. The van der Waals surface area contributed by atoms with Gasteiger partial charge in [0.25, 0.3) is 5.88 Å². The normalized spacial score (nSPS) is 26.3. The number of pyridine rings is 1. The van der Waals surface area contributed by atoms with Crippen LogP contribution in [0.25, 0.3) is 11.3 Å². The molecule has 5 aromatic rings. The number of rotatable bonds is 17. The van der Waals surface area contributed by atoms with E-state index in [0.29, 0.717) is 58.2 Å². The molecule has 400 valence electrons. The molecule has 19 nitrogen and oxygen atoms in total. The van der Waals surface area contributed by atoms with E-state index in [0.717, 1.165) is 101 Å². The summed E-state index contributed by atoms with van der Waals surface area (Å²) in [4.78, 5) is 41.2. The number of aromatic hydroxyl groups is 1. The van der Waals surface area contributed by atoms with Gasteiger partial charge < -0.3 is 59.6 Å². The molecule has 2 aliphatic carbocycles. The number of phenolic OH excluding ortho intramolecular Hbond substituents is 1. The van der Waals surface area contributed by atoms with Crippen LogP contribution >= 0.6 is 0 Å². The number of benzene rings is 2. The van der Waals surface area contributed by atoms with Crippen molar-refractivity contribution in [3.05, 3.63) is 95.9 Å².